The van der Waals surface area contributed by atoms with E-state index in [1.54, 1.807) is 10.9 Å². The van der Waals surface area contributed by atoms with Crippen molar-refractivity contribution in [3.05, 3.63) is 21.2 Å². The van der Waals surface area contributed by atoms with Gasteiger partial charge in [0.25, 0.3) is 5.56 Å². The van der Waals surface area contributed by atoms with Gasteiger partial charge >= 0.3 is 0 Å². The normalized spacial score (nSPS) is 10.3. The minimum Gasteiger partial charge on any atom is -0.391 e. The summed E-state index contributed by atoms with van der Waals surface area (Å²) in [4.78, 5) is 21.6. The number of nitrogens with one attached hydrogen (secondary N) is 1. The molecule has 0 aliphatic heterocycles. The first kappa shape index (κ1) is 8.70. The fourth-order valence-electron chi connectivity index (χ4n) is 0.951. The number of nitrogens with two attached hydrogens (primary N) is 2. The molecule has 0 saturated carbocycles. The molecule has 0 fully saturated rings. The molecule has 7 heteroatoms. The fraction of sp³-hybridized carbons (Fsp3) is 0. The van der Waals surface area contributed by atoms with Gasteiger partial charge in [0.05, 0.1) is 5.51 Å². The Bertz CT molecular complexity index is 503. The molecule has 2 aromatic heterocycles. The van der Waals surface area contributed by atoms with Gasteiger partial charge in [-0.15, -0.1) is 11.3 Å². The summed E-state index contributed by atoms with van der Waals surface area (Å²) in [6.45, 7) is 0. The highest BCUT2D eigenvalue weighted by molar-refractivity contribution is 7.07. The molecule has 72 valence electrons. The molecule has 0 saturated heterocycles. The first-order valence-corrected chi connectivity index (χ1v) is 4.66. The second kappa shape index (κ2) is 3.11. The standard InChI is InChI=1S/C7H7N5OS/c8-4-5(9)11-6(12-7(4)13)3-1-14-2-10-3/h1-2H,8H2,(H3,9,11,12,13). The maximum atomic E-state index is 11.2. The van der Waals surface area contributed by atoms with Crippen molar-refractivity contribution in [2.24, 2.45) is 0 Å². The van der Waals surface area contributed by atoms with Crippen molar-refractivity contribution in [1.29, 1.82) is 0 Å². The lowest BCUT2D eigenvalue weighted by molar-refractivity contribution is 1.12. The van der Waals surface area contributed by atoms with E-state index in [2.05, 4.69) is 15.0 Å². The van der Waals surface area contributed by atoms with E-state index < -0.39 is 5.56 Å². The third-order valence-electron chi connectivity index (χ3n) is 1.66. The van der Waals surface area contributed by atoms with Crippen LogP contribution in [0.15, 0.2) is 15.7 Å². The number of rotatable bonds is 1. The van der Waals surface area contributed by atoms with Crippen LogP contribution in [0.4, 0.5) is 11.5 Å². The van der Waals surface area contributed by atoms with Crippen LogP contribution in [0.2, 0.25) is 0 Å². The Hall–Kier alpha value is -1.89. The zero-order chi connectivity index (χ0) is 10.1. The second-order valence-corrected chi connectivity index (χ2v) is 3.31. The molecule has 0 radical (unpaired) electrons. The van der Waals surface area contributed by atoms with E-state index in [1.807, 2.05) is 0 Å². The number of H-pyrrole nitrogens is 1. The molecular weight excluding hydrogens is 202 g/mol. The molecule has 0 aliphatic carbocycles. The minimum atomic E-state index is -0.444. The van der Waals surface area contributed by atoms with E-state index in [4.69, 9.17) is 11.5 Å². The number of hydrogen-bond donors (Lipinski definition) is 3. The van der Waals surface area contributed by atoms with Crippen molar-refractivity contribution in [2.75, 3.05) is 11.5 Å². The van der Waals surface area contributed by atoms with Gasteiger partial charge in [-0.25, -0.2) is 9.97 Å². The van der Waals surface area contributed by atoms with Gasteiger partial charge in [0.2, 0.25) is 0 Å². The number of nitrogens with zero attached hydrogens (tertiary/aromatic N) is 2. The van der Waals surface area contributed by atoms with Crippen LogP contribution in [-0.4, -0.2) is 15.0 Å². The monoisotopic (exact) mass is 209 g/mol. The highest BCUT2D eigenvalue weighted by atomic mass is 32.1. The number of aromatic nitrogens is 3. The molecule has 0 bridgehead atoms. The summed E-state index contributed by atoms with van der Waals surface area (Å²) >= 11 is 1.41. The van der Waals surface area contributed by atoms with Gasteiger partial charge in [-0.1, -0.05) is 0 Å². The summed E-state index contributed by atoms with van der Waals surface area (Å²) in [7, 11) is 0. The van der Waals surface area contributed by atoms with Crippen molar-refractivity contribution in [1.82, 2.24) is 15.0 Å². The summed E-state index contributed by atoms with van der Waals surface area (Å²) in [5.41, 5.74) is 12.5. The van der Waals surface area contributed by atoms with Gasteiger partial charge in [-0.2, -0.15) is 0 Å². The summed E-state index contributed by atoms with van der Waals surface area (Å²) in [5.74, 6) is 0.361. The van der Waals surface area contributed by atoms with Crippen molar-refractivity contribution in [3.8, 4) is 11.5 Å². The van der Waals surface area contributed by atoms with Gasteiger partial charge in [-0.3, -0.25) is 4.79 Å². The Morgan fingerprint density at radius 1 is 1.43 bits per heavy atom. The first-order chi connectivity index (χ1) is 6.68. The smallest absolute Gasteiger partial charge is 0.276 e. The van der Waals surface area contributed by atoms with Gasteiger partial charge in [0, 0.05) is 5.38 Å². The molecule has 0 atom stereocenters. The second-order valence-electron chi connectivity index (χ2n) is 2.59. The third kappa shape index (κ3) is 1.33. The predicted octanol–water partition coefficient (Wildman–Crippen LogP) is 0.0578. The van der Waals surface area contributed by atoms with E-state index in [1.165, 1.54) is 11.3 Å². The van der Waals surface area contributed by atoms with E-state index >= 15 is 0 Å². The quantitative estimate of drug-likeness (QED) is 0.615. The molecule has 0 amide bonds. The molecule has 14 heavy (non-hydrogen) atoms. The van der Waals surface area contributed by atoms with Crippen LogP contribution < -0.4 is 17.0 Å². The van der Waals surface area contributed by atoms with Crippen molar-refractivity contribution < 1.29 is 0 Å². The largest absolute Gasteiger partial charge is 0.391 e. The van der Waals surface area contributed by atoms with E-state index in [9.17, 15) is 4.79 Å². The van der Waals surface area contributed by atoms with Crippen LogP contribution in [-0.2, 0) is 0 Å². The zero-order valence-corrected chi connectivity index (χ0v) is 7.84. The van der Waals surface area contributed by atoms with Crippen LogP contribution in [0.5, 0.6) is 0 Å². The Labute approximate surface area is 82.6 Å². The van der Waals surface area contributed by atoms with E-state index in [-0.39, 0.29) is 11.5 Å². The number of aromatic amines is 1. The van der Waals surface area contributed by atoms with Crippen LogP contribution in [0.3, 0.4) is 0 Å². The number of anilines is 2. The summed E-state index contributed by atoms with van der Waals surface area (Å²) in [6, 6.07) is 0. The molecule has 0 spiro atoms. The molecule has 2 aromatic rings. The highest BCUT2D eigenvalue weighted by Gasteiger charge is 2.07. The van der Waals surface area contributed by atoms with Crippen LogP contribution in [0.25, 0.3) is 11.5 Å². The summed E-state index contributed by atoms with van der Waals surface area (Å²) in [6.07, 6.45) is 0. The first-order valence-electron chi connectivity index (χ1n) is 3.72. The Morgan fingerprint density at radius 3 is 2.79 bits per heavy atom. The molecule has 2 heterocycles. The molecule has 0 unspecified atom stereocenters. The van der Waals surface area contributed by atoms with E-state index in [0.717, 1.165) is 0 Å². The predicted molar refractivity (Wildman–Crippen MR) is 54.8 cm³/mol. The SMILES string of the molecule is Nc1nc(-c2cscn2)[nH]c(=O)c1N. The highest BCUT2D eigenvalue weighted by Crippen LogP contribution is 2.15. The minimum absolute atomic E-state index is 0.0248. The Balaban J connectivity index is 2.63. The molecular formula is C7H7N5OS. The maximum absolute atomic E-state index is 11.2. The summed E-state index contributed by atoms with van der Waals surface area (Å²) in [5, 5.41) is 1.76. The number of nitrogen functional groups attached to an aromatic ring is 2. The van der Waals surface area contributed by atoms with Gasteiger partial charge < -0.3 is 16.5 Å². The van der Waals surface area contributed by atoms with Gasteiger partial charge in [-0.05, 0) is 0 Å². The van der Waals surface area contributed by atoms with Gasteiger partial charge in [0.1, 0.15) is 11.4 Å². The lowest BCUT2D eigenvalue weighted by atomic mass is 10.4. The lowest BCUT2D eigenvalue weighted by Gasteiger charge is -2.00. The topological polar surface area (TPSA) is 111 Å². The third-order valence-corrected chi connectivity index (χ3v) is 2.25. The fourth-order valence-corrected chi connectivity index (χ4v) is 1.49. The van der Waals surface area contributed by atoms with Crippen molar-refractivity contribution >= 4 is 22.8 Å². The van der Waals surface area contributed by atoms with Crippen LogP contribution in [0, 0.1) is 0 Å². The molecule has 0 aromatic carbocycles. The molecule has 6 nitrogen and oxygen atoms in total. The zero-order valence-electron chi connectivity index (χ0n) is 7.02. The lowest BCUT2D eigenvalue weighted by Crippen LogP contribution is -2.17. The Morgan fingerprint density at radius 2 is 2.21 bits per heavy atom. The van der Waals surface area contributed by atoms with Crippen LogP contribution >= 0.6 is 11.3 Å². The average molecular weight is 209 g/mol. The van der Waals surface area contributed by atoms with Crippen molar-refractivity contribution in [2.45, 2.75) is 0 Å². The van der Waals surface area contributed by atoms with Crippen LogP contribution in [0.1, 0.15) is 0 Å². The maximum Gasteiger partial charge on any atom is 0.276 e. The van der Waals surface area contributed by atoms with E-state index in [0.29, 0.717) is 11.5 Å². The van der Waals surface area contributed by atoms with Crippen molar-refractivity contribution in [3.63, 3.8) is 0 Å². The number of thiazole rings is 1. The number of hydrogen-bond acceptors (Lipinski definition) is 6. The summed E-state index contributed by atoms with van der Waals surface area (Å²) < 4.78 is 0. The average Bonchev–Trinajstić information content (AvgIpc) is 2.66. The van der Waals surface area contributed by atoms with Gasteiger partial charge in [0.15, 0.2) is 11.6 Å². The Kier molecular flexibility index (Phi) is 1.93. The molecule has 5 N–H and O–H groups in total. The molecule has 0 aliphatic rings. The molecule has 2 rings (SSSR count).